The minimum atomic E-state index is -0.131. The minimum absolute atomic E-state index is 0.131. The Morgan fingerprint density at radius 2 is 1.80 bits per heavy atom. The molecule has 0 fully saturated rings. The summed E-state index contributed by atoms with van der Waals surface area (Å²) in [6.07, 6.45) is 1.68. The van der Waals surface area contributed by atoms with Gasteiger partial charge >= 0.3 is 0 Å². The molecule has 25 heavy (non-hydrogen) atoms. The van der Waals surface area contributed by atoms with Gasteiger partial charge in [-0.3, -0.25) is 4.79 Å². The standard InChI is InChI=1S/C20H17ClN2OS/c21-19-11-4-2-7-17(19)13-25-14-20(24)23-22-12-16-9-5-8-15-6-1-3-10-18(15)16/h1-12H,13-14H2,(H,23,24)/b22-12-. The topological polar surface area (TPSA) is 41.5 Å². The molecule has 0 spiro atoms. The Labute approximate surface area is 156 Å². The van der Waals surface area contributed by atoms with E-state index in [0.717, 1.165) is 26.9 Å². The zero-order valence-corrected chi connectivity index (χ0v) is 15.1. The van der Waals surface area contributed by atoms with Crippen LogP contribution < -0.4 is 5.43 Å². The van der Waals surface area contributed by atoms with Crippen molar-refractivity contribution in [1.29, 1.82) is 0 Å². The highest BCUT2D eigenvalue weighted by molar-refractivity contribution is 7.99. The van der Waals surface area contributed by atoms with Crippen molar-refractivity contribution in [2.45, 2.75) is 5.75 Å². The summed E-state index contributed by atoms with van der Waals surface area (Å²) in [6, 6.07) is 21.7. The van der Waals surface area contributed by atoms with Crippen molar-refractivity contribution >= 4 is 46.3 Å². The Morgan fingerprint density at radius 3 is 2.68 bits per heavy atom. The predicted octanol–water partition coefficient (Wildman–Crippen LogP) is 4.88. The molecule has 0 heterocycles. The fraction of sp³-hybridized carbons (Fsp3) is 0.100. The van der Waals surface area contributed by atoms with Crippen LogP contribution in [0, 0.1) is 0 Å². The van der Waals surface area contributed by atoms with Gasteiger partial charge in [-0.05, 0) is 22.4 Å². The molecule has 126 valence electrons. The van der Waals surface area contributed by atoms with Gasteiger partial charge in [0, 0.05) is 16.3 Å². The molecule has 0 saturated heterocycles. The van der Waals surface area contributed by atoms with Crippen molar-refractivity contribution in [2.24, 2.45) is 5.10 Å². The number of hydrogen-bond acceptors (Lipinski definition) is 3. The summed E-state index contributed by atoms with van der Waals surface area (Å²) in [5.41, 5.74) is 4.58. The average Bonchev–Trinajstić information content (AvgIpc) is 2.63. The van der Waals surface area contributed by atoms with E-state index in [0.29, 0.717) is 11.5 Å². The van der Waals surface area contributed by atoms with Crippen LogP contribution in [-0.4, -0.2) is 17.9 Å². The number of halogens is 1. The number of benzene rings is 3. The van der Waals surface area contributed by atoms with Crippen LogP contribution in [0.3, 0.4) is 0 Å². The first-order valence-electron chi connectivity index (χ1n) is 7.85. The molecule has 1 amide bonds. The summed E-state index contributed by atoms with van der Waals surface area (Å²) in [4.78, 5) is 11.9. The van der Waals surface area contributed by atoms with E-state index >= 15 is 0 Å². The first-order valence-corrected chi connectivity index (χ1v) is 9.38. The van der Waals surface area contributed by atoms with E-state index in [4.69, 9.17) is 11.6 Å². The normalized spacial score (nSPS) is 11.1. The molecular formula is C20H17ClN2OS. The molecule has 0 aliphatic rings. The van der Waals surface area contributed by atoms with E-state index in [9.17, 15) is 4.79 Å². The number of hydrazone groups is 1. The zero-order chi connectivity index (χ0) is 17.5. The summed E-state index contributed by atoms with van der Waals surface area (Å²) in [5, 5.41) is 7.05. The average molecular weight is 369 g/mol. The van der Waals surface area contributed by atoms with E-state index < -0.39 is 0 Å². The molecule has 1 N–H and O–H groups in total. The molecule has 3 aromatic carbocycles. The SMILES string of the molecule is O=C(CSCc1ccccc1Cl)N/N=C\c1cccc2ccccc12. The summed E-state index contributed by atoms with van der Waals surface area (Å²) in [5.74, 6) is 0.895. The first kappa shape index (κ1) is 17.5. The fourth-order valence-electron chi connectivity index (χ4n) is 2.44. The van der Waals surface area contributed by atoms with Crippen molar-refractivity contribution in [3.8, 4) is 0 Å². The van der Waals surface area contributed by atoms with Crippen LogP contribution in [0.4, 0.5) is 0 Å². The summed E-state index contributed by atoms with van der Waals surface area (Å²) in [6.45, 7) is 0. The van der Waals surface area contributed by atoms with Gasteiger partial charge in [0.25, 0.3) is 0 Å². The molecule has 0 bridgehead atoms. The highest BCUT2D eigenvalue weighted by Gasteiger charge is 2.03. The molecule has 0 aliphatic carbocycles. The highest BCUT2D eigenvalue weighted by Crippen LogP contribution is 2.20. The highest BCUT2D eigenvalue weighted by atomic mass is 35.5. The monoisotopic (exact) mass is 368 g/mol. The maximum absolute atomic E-state index is 11.9. The van der Waals surface area contributed by atoms with Crippen LogP contribution in [0.25, 0.3) is 10.8 Å². The van der Waals surface area contributed by atoms with E-state index in [-0.39, 0.29) is 5.91 Å². The molecule has 3 rings (SSSR count). The third-order valence-corrected chi connectivity index (χ3v) is 5.01. The number of carbonyl (C=O) groups is 1. The van der Waals surface area contributed by atoms with E-state index in [1.165, 1.54) is 11.8 Å². The number of fused-ring (bicyclic) bond motifs is 1. The van der Waals surface area contributed by atoms with Crippen molar-refractivity contribution in [1.82, 2.24) is 5.43 Å². The second-order valence-electron chi connectivity index (χ2n) is 5.45. The van der Waals surface area contributed by atoms with Gasteiger partial charge in [-0.15, -0.1) is 11.8 Å². The third-order valence-electron chi connectivity index (χ3n) is 3.66. The number of hydrogen-bond donors (Lipinski definition) is 1. The molecule has 0 saturated carbocycles. The Bertz CT molecular complexity index is 906. The van der Waals surface area contributed by atoms with Gasteiger partial charge in [0.2, 0.25) is 5.91 Å². The van der Waals surface area contributed by atoms with Gasteiger partial charge in [-0.1, -0.05) is 72.3 Å². The minimum Gasteiger partial charge on any atom is -0.272 e. The quantitative estimate of drug-likeness (QED) is 0.497. The lowest BCUT2D eigenvalue weighted by Gasteiger charge is -2.04. The lowest BCUT2D eigenvalue weighted by Crippen LogP contribution is -2.19. The number of amides is 1. The van der Waals surface area contributed by atoms with Gasteiger partial charge in [0.05, 0.1) is 12.0 Å². The zero-order valence-electron chi connectivity index (χ0n) is 13.5. The number of nitrogens with one attached hydrogen (secondary N) is 1. The smallest absolute Gasteiger partial charge is 0.250 e. The van der Waals surface area contributed by atoms with E-state index in [1.54, 1.807) is 6.21 Å². The largest absolute Gasteiger partial charge is 0.272 e. The van der Waals surface area contributed by atoms with Crippen LogP contribution in [0.5, 0.6) is 0 Å². The number of rotatable bonds is 6. The maximum atomic E-state index is 11.9. The lowest BCUT2D eigenvalue weighted by atomic mass is 10.1. The second-order valence-corrected chi connectivity index (χ2v) is 6.84. The fourth-order valence-corrected chi connectivity index (χ4v) is 3.54. The molecule has 3 nitrogen and oxygen atoms in total. The molecule has 0 unspecified atom stereocenters. The Hall–Kier alpha value is -2.30. The molecule has 0 aliphatic heterocycles. The number of nitrogens with zero attached hydrogens (tertiary/aromatic N) is 1. The lowest BCUT2D eigenvalue weighted by molar-refractivity contribution is -0.118. The number of carbonyl (C=O) groups excluding carboxylic acids is 1. The maximum Gasteiger partial charge on any atom is 0.250 e. The van der Waals surface area contributed by atoms with Gasteiger partial charge in [-0.2, -0.15) is 5.10 Å². The summed E-state index contributed by atoms with van der Waals surface area (Å²) < 4.78 is 0. The molecule has 3 aromatic rings. The van der Waals surface area contributed by atoms with Gasteiger partial charge < -0.3 is 0 Å². The van der Waals surface area contributed by atoms with Gasteiger partial charge in [0.15, 0.2) is 0 Å². The third kappa shape index (κ3) is 4.84. The van der Waals surface area contributed by atoms with Crippen LogP contribution in [0.15, 0.2) is 71.8 Å². The second kappa shape index (κ2) is 8.70. The van der Waals surface area contributed by atoms with Gasteiger partial charge in [0.1, 0.15) is 0 Å². The Morgan fingerprint density at radius 1 is 1.04 bits per heavy atom. The Balaban J connectivity index is 1.52. The molecule has 5 heteroatoms. The van der Waals surface area contributed by atoms with Crippen LogP contribution in [0.1, 0.15) is 11.1 Å². The predicted molar refractivity (Wildman–Crippen MR) is 107 cm³/mol. The summed E-state index contributed by atoms with van der Waals surface area (Å²) in [7, 11) is 0. The molecule has 0 atom stereocenters. The Kier molecular flexibility index (Phi) is 6.09. The van der Waals surface area contributed by atoms with Gasteiger partial charge in [-0.25, -0.2) is 5.43 Å². The van der Waals surface area contributed by atoms with Crippen molar-refractivity contribution in [3.05, 3.63) is 82.9 Å². The van der Waals surface area contributed by atoms with E-state index in [2.05, 4.69) is 22.7 Å². The van der Waals surface area contributed by atoms with Crippen molar-refractivity contribution in [3.63, 3.8) is 0 Å². The van der Waals surface area contributed by atoms with Crippen LogP contribution in [-0.2, 0) is 10.5 Å². The summed E-state index contributed by atoms with van der Waals surface area (Å²) >= 11 is 7.61. The molecule has 0 radical (unpaired) electrons. The van der Waals surface area contributed by atoms with Crippen LogP contribution >= 0.6 is 23.4 Å². The molecule has 0 aromatic heterocycles. The first-order chi connectivity index (χ1) is 12.2. The molecular weight excluding hydrogens is 352 g/mol. The number of thioether (sulfide) groups is 1. The van der Waals surface area contributed by atoms with Crippen molar-refractivity contribution < 1.29 is 4.79 Å². The van der Waals surface area contributed by atoms with Crippen LogP contribution in [0.2, 0.25) is 5.02 Å². The van der Waals surface area contributed by atoms with Crippen molar-refractivity contribution in [2.75, 3.05) is 5.75 Å². The van der Waals surface area contributed by atoms with E-state index in [1.807, 2.05) is 54.6 Å².